The van der Waals surface area contributed by atoms with Crippen molar-refractivity contribution in [2.24, 2.45) is 0 Å². The van der Waals surface area contributed by atoms with Gasteiger partial charge in [-0.1, -0.05) is 0 Å². The first-order valence-electron chi connectivity index (χ1n) is 6.86. The van der Waals surface area contributed by atoms with Crippen LogP contribution in [0.4, 0.5) is 26.1 Å². The Morgan fingerprint density at radius 2 is 1.43 bits per heavy atom. The third kappa shape index (κ3) is 5.25. The van der Waals surface area contributed by atoms with E-state index in [0.29, 0.717) is 5.54 Å². The molecule has 1 heterocycles. The fourth-order valence-corrected chi connectivity index (χ4v) is 2.64. The van der Waals surface area contributed by atoms with Crippen LogP contribution in [0.25, 0.3) is 0 Å². The van der Waals surface area contributed by atoms with E-state index in [1.165, 1.54) is 25.9 Å². The zero-order chi connectivity index (χ0) is 18.7. The molecule has 23 heavy (non-hydrogen) atoms. The van der Waals surface area contributed by atoms with Gasteiger partial charge in [-0.05, 0) is 20.8 Å². The van der Waals surface area contributed by atoms with Crippen molar-refractivity contribution in [1.29, 1.82) is 0 Å². The third-order valence-electron chi connectivity index (χ3n) is 3.90. The topological polar surface area (TPSA) is 43.4 Å². The molecule has 0 atom stereocenters. The number of hydrogen-bond donors (Lipinski definition) is 0. The highest BCUT2D eigenvalue weighted by molar-refractivity contribution is 8.20. The fourth-order valence-electron chi connectivity index (χ4n) is 2.33. The minimum Gasteiger partial charge on any atom is -0.436 e. The zero-order valence-electron chi connectivity index (χ0n) is 13.5. The Bertz CT molecular complexity index is 457. The van der Waals surface area contributed by atoms with Crippen LogP contribution in [0.1, 0.15) is 33.6 Å². The summed E-state index contributed by atoms with van der Waals surface area (Å²) in [6.07, 6.45) is -4.18. The van der Waals surface area contributed by atoms with Gasteiger partial charge in [-0.2, -0.15) is 13.2 Å². The minimum atomic E-state index is -6.95. The second kappa shape index (κ2) is 7.18. The van der Waals surface area contributed by atoms with Gasteiger partial charge in [0.25, 0.3) is 0 Å². The van der Waals surface area contributed by atoms with Crippen molar-refractivity contribution >= 4 is 15.9 Å². The molecule has 0 unspecified atom stereocenters. The van der Waals surface area contributed by atoms with Crippen molar-refractivity contribution in [2.75, 3.05) is 26.9 Å². The van der Waals surface area contributed by atoms with Gasteiger partial charge in [0.1, 0.15) is 0 Å². The molecule has 0 bridgehead atoms. The standard InChI is InChI=1S/C10H22NO.CBF6O2S/c1-10(2,3)11(9-12-4)7-5-6-8-11;3-1(4,5)11(9,10)2(6,7)8/h5-9H2,1-4H3;/q+1;-1. The Kier molecular flexibility index (Phi) is 7.03. The number of rotatable bonds is 3. The molecule has 1 aliphatic rings. The van der Waals surface area contributed by atoms with Crippen molar-refractivity contribution in [3.8, 4) is 0 Å². The molecule has 140 valence electrons. The first kappa shape index (κ1) is 22.5. The average Bonchev–Trinajstić information content (AvgIpc) is 2.76. The largest absolute Gasteiger partial charge is 0.616 e. The Hall–Kier alpha value is -0.485. The molecule has 1 fully saturated rings. The summed E-state index contributed by atoms with van der Waals surface area (Å²) >= 11 is 0. The number of nitrogens with zero attached hydrogens (tertiary/aromatic N) is 1. The Morgan fingerprint density at radius 3 is 1.61 bits per heavy atom. The quantitative estimate of drug-likeness (QED) is 0.433. The summed E-state index contributed by atoms with van der Waals surface area (Å²) in [4.78, 5) is 0. The summed E-state index contributed by atoms with van der Waals surface area (Å²) < 4.78 is 91.7. The number of likely N-dealkylation sites (tertiary alicyclic amines) is 1. The van der Waals surface area contributed by atoms with E-state index in [-0.39, 0.29) is 0 Å². The molecule has 0 N–H and O–H groups in total. The SMILES string of the molecule is COC[N+]1(C(C)(C)C)CCCC1.O=S(=O)([B-](F)(F)F)C(F)(F)F. The molecule has 0 saturated carbocycles. The van der Waals surface area contributed by atoms with Crippen LogP contribution in [-0.4, -0.2) is 57.1 Å². The van der Waals surface area contributed by atoms with E-state index in [4.69, 9.17) is 4.74 Å². The van der Waals surface area contributed by atoms with Crippen LogP contribution in [0.3, 0.4) is 0 Å². The summed E-state index contributed by atoms with van der Waals surface area (Å²) in [5.74, 6) is 0. The van der Waals surface area contributed by atoms with E-state index in [0.717, 1.165) is 11.2 Å². The van der Waals surface area contributed by atoms with E-state index in [1.54, 1.807) is 0 Å². The predicted molar refractivity (Wildman–Crippen MR) is 74.9 cm³/mol. The molecule has 0 aromatic heterocycles. The van der Waals surface area contributed by atoms with Gasteiger partial charge >= 0.3 is 11.8 Å². The van der Waals surface area contributed by atoms with Crippen molar-refractivity contribution in [3.63, 3.8) is 0 Å². The number of hydrogen-bond acceptors (Lipinski definition) is 3. The van der Waals surface area contributed by atoms with E-state index in [1.807, 2.05) is 7.11 Å². The van der Waals surface area contributed by atoms with E-state index < -0.39 is 21.5 Å². The lowest BCUT2D eigenvalue weighted by Crippen LogP contribution is -2.59. The van der Waals surface area contributed by atoms with E-state index >= 15 is 0 Å². The van der Waals surface area contributed by atoms with Crippen LogP contribution in [0.2, 0.25) is 0 Å². The molecule has 0 amide bonds. The lowest BCUT2D eigenvalue weighted by molar-refractivity contribution is -0.976. The molecule has 0 radical (unpaired) electrons. The molecule has 0 aliphatic carbocycles. The molecule has 4 nitrogen and oxygen atoms in total. The molecule has 1 rings (SSSR count). The summed E-state index contributed by atoms with van der Waals surface area (Å²) in [5, 5.41) is 0. The maximum Gasteiger partial charge on any atom is 0.616 e. The lowest BCUT2D eigenvalue weighted by atomic mass is 10.0. The monoisotopic (exact) mass is 373 g/mol. The van der Waals surface area contributed by atoms with Crippen molar-refractivity contribution in [1.82, 2.24) is 0 Å². The fraction of sp³-hybridized carbons (Fsp3) is 1.00. The van der Waals surface area contributed by atoms with Crippen LogP contribution in [0.5, 0.6) is 0 Å². The van der Waals surface area contributed by atoms with Crippen LogP contribution < -0.4 is 0 Å². The first-order chi connectivity index (χ1) is 10.0. The zero-order valence-corrected chi connectivity index (χ0v) is 14.3. The second-order valence-electron chi connectivity index (χ2n) is 6.39. The van der Waals surface area contributed by atoms with Gasteiger partial charge in [0, 0.05) is 20.0 Å². The van der Waals surface area contributed by atoms with Crippen LogP contribution in [-0.2, 0) is 14.4 Å². The van der Waals surface area contributed by atoms with Crippen LogP contribution >= 0.6 is 0 Å². The van der Waals surface area contributed by atoms with Crippen LogP contribution in [0.15, 0.2) is 0 Å². The summed E-state index contributed by atoms with van der Waals surface area (Å²) in [6.45, 7) is 10.4. The molecular formula is C11H22BF6NO3S. The minimum absolute atomic E-state index is 0.340. The predicted octanol–water partition coefficient (Wildman–Crippen LogP) is 3.26. The highest BCUT2D eigenvalue weighted by Crippen LogP contribution is 2.33. The second-order valence-corrected chi connectivity index (χ2v) is 8.48. The average molecular weight is 373 g/mol. The molecule has 0 aromatic carbocycles. The van der Waals surface area contributed by atoms with E-state index in [2.05, 4.69) is 20.8 Å². The maximum atomic E-state index is 11.1. The Morgan fingerprint density at radius 1 is 1.04 bits per heavy atom. The molecule has 12 heteroatoms. The molecule has 0 spiro atoms. The van der Waals surface area contributed by atoms with Gasteiger partial charge in [0.05, 0.1) is 18.6 Å². The van der Waals surface area contributed by atoms with Gasteiger partial charge in [0.2, 0.25) is 9.69 Å². The van der Waals surface area contributed by atoms with Gasteiger partial charge in [-0.3, -0.25) is 12.9 Å². The smallest absolute Gasteiger partial charge is 0.436 e. The first-order valence-corrected chi connectivity index (χ1v) is 8.41. The number of quaternary nitrogens is 1. The summed E-state index contributed by atoms with van der Waals surface area (Å²) in [6, 6.07) is 0. The molecule has 1 aliphatic heterocycles. The highest BCUT2D eigenvalue weighted by Gasteiger charge is 2.58. The number of halogens is 6. The molecule has 0 aromatic rings. The van der Waals surface area contributed by atoms with Crippen LogP contribution in [0, 0.1) is 0 Å². The van der Waals surface area contributed by atoms with Gasteiger partial charge in [-0.15, -0.1) is 0 Å². The highest BCUT2D eigenvalue weighted by atomic mass is 32.2. The van der Waals surface area contributed by atoms with Crippen molar-refractivity contribution < 1.29 is 43.8 Å². The Labute approximate surface area is 132 Å². The van der Waals surface area contributed by atoms with Gasteiger partial charge in [0.15, 0.2) is 6.73 Å². The number of ether oxygens (including phenoxy) is 1. The molecule has 1 saturated heterocycles. The maximum absolute atomic E-state index is 11.1. The number of alkyl halides is 3. The number of methoxy groups -OCH3 is 1. The van der Waals surface area contributed by atoms with Crippen molar-refractivity contribution in [3.05, 3.63) is 0 Å². The summed E-state index contributed by atoms with van der Waals surface area (Å²) in [5.41, 5.74) is -5.90. The van der Waals surface area contributed by atoms with Gasteiger partial charge in [-0.25, -0.2) is 0 Å². The summed E-state index contributed by atoms with van der Waals surface area (Å²) in [7, 11) is -5.14. The lowest BCUT2D eigenvalue weighted by Gasteiger charge is -2.44. The van der Waals surface area contributed by atoms with Gasteiger partial charge < -0.3 is 17.7 Å². The third-order valence-corrected chi connectivity index (χ3v) is 5.24. The van der Waals surface area contributed by atoms with E-state index in [9.17, 15) is 34.5 Å². The Balaban J connectivity index is 0.000000423. The molecular weight excluding hydrogens is 351 g/mol. The van der Waals surface area contributed by atoms with Crippen molar-refractivity contribution in [2.45, 2.75) is 44.7 Å². The normalized spacial score (nSPS) is 19.2.